The maximum absolute atomic E-state index is 14.2. The highest BCUT2D eigenvalue weighted by atomic mass is 16.5. The Labute approximate surface area is 222 Å². The van der Waals surface area contributed by atoms with E-state index < -0.39 is 6.04 Å². The molecule has 0 spiro atoms. The minimum Gasteiger partial charge on any atom is -0.497 e. The van der Waals surface area contributed by atoms with Gasteiger partial charge in [-0.25, -0.2) is 4.68 Å². The minimum absolute atomic E-state index is 0.0645. The fourth-order valence-electron chi connectivity index (χ4n) is 5.31. The Kier molecular flexibility index (Phi) is 7.40. The van der Waals surface area contributed by atoms with Crippen LogP contribution in [0.4, 0.5) is 5.69 Å². The Morgan fingerprint density at radius 3 is 2.61 bits per heavy atom. The normalized spacial score (nSPS) is 14.4. The maximum Gasteiger partial charge on any atom is 0.249 e. The number of aromatic nitrogens is 3. The Bertz CT molecular complexity index is 1460. The van der Waals surface area contributed by atoms with Gasteiger partial charge in [-0.15, -0.1) is 5.10 Å². The predicted molar refractivity (Wildman–Crippen MR) is 147 cm³/mol. The second-order valence-corrected chi connectivity index (χ2v) is 9.96. The molecule has 2 amide bonds. The molecule has 0 saturated heterocycles. The Hall–Kier alpha value is -4.20. The van der Waals surface area contributed by atoms with Crippen LogP contribution in [0.1, 0.15) is 48.4 Å². The highest BCUT2D eigenvalue weighted by molar-refractivity contribution is 6.02. The van der Waals surface area contributed by atoms with Gasteiger partial charge in [-0.2, -0.15) is 0 Å². The molecule has 0 radical (unpaired) electrons. The summed E-state index contributed by atoms with van der Waals surface area (Å²) in [5.41, 5.74) is 4.81. The zero-order chi connectivity index (χ0) is 26.6. The van der Waals surface area contributed by atoms with E-state index in [0.717, 1.165) is 42.3 Å². The van der Waals surface area contributed by atoms with Gasteiger partial charge in [-0.05, 0) is 68.1 Å². The molecule has 3 aromatic carbocycles. The summed E-state index contributed by atoms with van der Waals surface area (Å²) in [6.45, 7) is 3.91. The summed E-state index contributed by atoms with van der Waals surface area (Å²) in [5.74, 6) is 0.153. The van der Waals surface area contributed by atoms with Crippen LogP contribution in [0, 0.1) is 13.8 Å². The van der Waals surface area contributed by atoms with E-state index in [4.69, 9.17) is 4.74 Å². The molecule has 1 fully saturated rings. The van der Waals surface area contributed by atoms with Crippen LogP contribution in [0.15, 0.2) is 66.7 Å². The van der Waals surface area contributed by atoms with E-state index in [1.54, 1.807) is 16.7 Å². The molecule has 8 heteroatoms. The van der Waals surface area contributed by atoms with Crippen LogP contribution in [0.25, 0.3) is 11.0 Å². The van der Waals surface area contributed by atoms with Crippen molar-refractivity contribution < 1.29 is 14.3 Å². The first-order valence-electron chi connectivity index (χ1n) is 13.1. The van der Waals surface area contributed by atoms with Crippen LogP contribution in [-0.2, 0) is 16.1 Å². The second kappa shape index (κ2) is 11.0. The predicted octanol–water partition coefficient (Wildman–Crippen LogP) is 4.89. The van der Waals surface area contributed by atoms with E-state index in [9.17, 15) is 9.59 Å². The summed E-state index contributed by atoms with van der Waals surface area (Å²) < 4.78 is 7.07. The van der Waals surface area contributed by atoms with Crippen molar-refractivity contribution in [2.45, 2.75) is 58.2 Å². The molecule has 196 valence electrons. The molecule has 1 N–H and O–H groups in total. The molecule has 1 saturated carbocycles. The number of carbonyl (C=O) groups is 2. The number of para-hydroxylation sites is 1. The molecular formula is C30H33N5O3. The molecule has 1 aromatic heterocycles. The lowest BCUT2D eigenvalue weighted by Gasteiger charge is -2.33. The number of methoxy groups -OCH3 is 1. The van der Waals surface area contributed by atoms with Crippen molar-refractivity contribution in [3.63, 3.8) is 0 Å². The number of fused-ring (bicyclic) bond motifs is 1. The average molecular weight is 512 g/mol. The van der Waals surface area contributed by atoms with E-state index >= 15 is 0 Å². The fraction of sp³-hybridized carbons (Fsp3) is 0.333. The topological polar surface area (TPSA) is 89.4 Å². The highest BCUT2D eigenvalue weighted by Crippen LogP contribution is 2.33. The van der Waals surface area contributed by atoms with E-state index in [1.807, 2.05) is 80.6 Å². The first kappa shape index (κ1) is 25.4. The molecule has 0 unspecified atom stereocenters. The number of benzene rings is 3. The molecular weight excluding hydrogens is 478 g/mol. The van der Waals surface area contributed by atoms with E-state index in [-0.39, 0.29) is 24.4 Å². The molecule has 1 aliphatic rings. The van der Waals surface area contributed by atoms with Gasteiger partial charge in [-0.1, -0.05) is 60.0 Å². The summed E-state index contributed by atoms with van der Waals surface area (Å²) in [6, 6.07) is 20.0. The standard InChI is InChI=1S/C30H33N5O3/c1-20-15-16-26(21(2)17-20)35(28(36)19-34-27-14-7-6-13-25(27)32-33-34)29(22-9-8-12-24(18-22)38-3)30(37)31-23-10-4-5-11-23/h6-9,12-18,23,29H,4-5,10-11,19H2,1-3H3,(H,31,37)/t29-/m0/s1. The van der Waals surface area contributed by atoms with E-state index in [1.165, 1.54) is 0 Å². The van der Waals surface area contributed by atoms with Crippen LogP contribution in [0.5, 0.6) is 5.75 Å². The van der Waals surface area contributed by atoms with Gasteiger partial charge in [0.05, 0.1) is 12.6 Å². The van der Waals surface area contributed by atoms with Crippen molar-refractivity contribution in [1.82, 2.24) is 20.3 Å². The zero-order valence-corrected chi connectivity index (χ0v) is 22.1. The number of nitrogens with zero attached hydrogens (tertiary/aromatic N) is 4. The third-order valence-electron chi connectivity index (χ3n) is 7.20. The minimum atomic E-state index is -0.894. The SMILES string of the molecule is COc1cccc([C@@H](C(=O)NC2CCCC2)N(C(=O)Cn2nnc3ccccc32)c2ccc(C)cc2C)c1. The van der Waals surface area contributed by atoms with Gasteiger partial charge in [0, 0.05) is 11.7 Å². The van der Waals surface area contributed by atoms with E-state index in [2.05, 4.69) is 15.6 Å². The quantitative estimate of drug-likeness (QED) is 0.364. The zero-order valence-electron chi connectivity index (χ0n) is 22.1. The molecule has 1 aliphatic carbocycles. The summed E-state index contributed by atoms with van der Waals surface area (Å²) in [5, 5.41) is 11.7. The summed E-state index contributed by atoms with van der Waals surface area (Å²) in [4.78, 5) is 29.9. The van der Waals surface area contributed by atoms with Crippen molar-refractivity contribution in [2.24, 2.45) is 0 Å². The first-order chi connectivity index (χ1) is 18.4. The summed E-state index contributed by atoms with van der Waals surface area (Å²) >= 11 is 0. The lowest BCUT2D eigenvalue weighted by Crippen LogP contribution is -2.47. The molecule has 5 rings (SSSR count). The number of amides is 2. The number of nitrogens with one attached hydrogen (secondary N) is 1. The highest BCUT2D eigenvalue weighted by Gasteiger charge is 2.35. The Morgan fingerprint density at radius 1 is 1.05 bits per heavy atom. The molecule has 0 bridgehead atoms. The largest absolute Gasteiger partial charge is 0.497 e. The second-order valence-electron chi connectivity index (χ2n) is 9.96. The van der Waals surface area contributed by atoms with Crippen LogP contribution in [-0.4, -0.2) is 40.0 Å². The van der Waals surface area contributed by atoms with Gasteiger partial charge in [0.2, 0.25) is 11.8 Å². The van der Waals surface area contributed by atoms with Crippen molar-refractivity contribution in [1.29, 1.82) is 0 Å². The van der Waals surface area contributed by atoms with Gasteiger partial charge >= 0.3 is 0 Å². The maximum atomic E-state index is 14.2. The number of carbonyl (C=O) groups excluding carboxylic acids is 2. The number of hydrogen-bond donors (Lipinski definition) is 1. The molecule has 8 nitrogen and oxygen atoms in total. The van der Waals surface area contributed by atoms with Crippen molar-refractivity contribution >= 4 is 28.5 Å². The van der Waals surface area contributed by atoms with Gasteiger partial charge in [0.1, 0.15) is 23.9 Å². The third kappa shape index (κ3) is 5.25. The molecule has 1 heterocycles. The lowest BCUT2D eigenvalue weighted by atomic mass is 10.00. The van der Waals surface area contributed by atoms with Gasteiger partial charge in [0.25, 0.3) is 0 Å². The fourth-order valence-corrected chi connectivity index (χ4v) is 5.31. The monoisotopic (exact) mass is 511 g/mol. The van der Waals surface area contributed by atoms with Gasteiger partial charge in [-0.3, -0.25) is 14.5 Å². The number of anilines is 1. The number of rotatable bonds is 8. The van der Waals surface area contributed by atoms with Gasteiger partial charge in [0.15, 0.2) is 0 Å². The van der Waals surface area contributed by atoms with Crippen LogP contribution >= 0.6 is 0 Å². The van der Waals surface area contributed by atoms with E-state index in [0.29, 0.717) is 22.5 Å². The number of aryl methyl sites for hydroxylation is 2. The Morgan fingerprint density at radius 2 is 1.84 bits per heavy atom. The van der Waals surface area contributed by atoms with Crippen LogP contribution in [0.3, 0.4) is 0 Å². The third-order valence-corrected chi connectivity index (χ3v) is 7.20. The number of hydrogen-bond acceptors (Lipinski definition) is 5. The Balaban J connectivity index is 1.61. The number of ether oxygens (including phenoxy) is 1. The molecule has 38 heavy (non-hydrogen) atoms. The lowest BCUT2D eigenvalue weighted by molar-refractivity contribution is -0.127. The van der Waals surface area contributed by atoms with Gasteiger partial charge < -0.3 is 10.1 Å². The molecule has 4 aromatic rings. The smallest absolute Gasteiger partial charge is 0.249 e. The van der Waals surface area contributed by atoms with Crippen molar-refractivity contribution in [3.05, 3.63) is 83.4 Å². The van der Waals surface area contributed by atoms with Crippen LogP contribution in [0.2, 0.25) is 0 Å². The van der Waals surface area contributed by atoms with Crippen molar-refractivity contribution in [3.8, 4) is 5.75 Å². The van der Waals surface area contributed by atoms with Crippen LogP contribution < -0.4 is 15.0 Å². The molecule has 0 aliphatic heterocycles. The van der Waals surface area contributed by atoms with Crippen molar-refractivity contribution in [2.75, 3.05) is 12.0 Å². The summed E-state index contributed by atoms with van der Waals surface area (Å²) in [6.07, 6.45) is 4.07. The summed E-state index contributed by atoms with van der Waals surface area (Å²) in [7, 11) is 1.59. The first-order valence-corrected chi connectivity index (χ1v) is 13.1. The molecule has 1 atom stereocenters. The average Bonchev–Trinajstić information content (AvgIpc) is 3.58.